The summed E-state index contributed by atoms with van der Waals surface area (Å²) >= 11 is 5.92. The van der Waals surface area contributed by atoms with Crippen LogP contribution in [0.4, 0.5) is 5.69 Å². The Balaban J connectivity index is 1.82. The number of nitrogens with zero attached hydrogens (tertiary/aromatic N) is 1. The van der Waals surface area contributed by atoms with Crippen LogP contribution in [0.1, 0.15) is 29.6 Å². The average Bonchev–Trinajstić information content (AvgIpc) is 2.39. The van der Waals surface area contributed by atoms with E-state index in [9.17, 15) is 4.79 Å². The van der Waals surface area contributed by atoms with E-state index in [4.69, 9.17) is 16.7 Å². The van der Waals surface area contributed by atoms with Gasteiger partial charge in [0.15, 0.2) is 0 Å². The standard InChI is InChI=1S/C14H19ClN2O2/c15-13-10-11(4-5-12(13)14(18)19)16-6-9-17-7-2-1-3-8-17/h4-5,10,16H,1-3,6-9H2,(H,18,19). The van der Waals surface area contributed by atoms with Crippen molar-refractivity contribution in [2.45, 2.75) is 19.3 Å². The van der Waals surface area contributed by atoms with Crippen LogP contribution in [0.15, 0.2) is 18.2 Å². The third-order valence-corrected chi connectivity index (χ3v) is 3.72. The molecule has 0 unspecified atom stereocenters. The number of hydrogen-bond donors (Lipinski definition) is 2. The van der Waals surface area contributed by atoms with Crippen molar-refractivity contribution in [2.75, 3.05) is 31.5 Å². The minimum absolute atomic E-state index is 0.142. The molecule has 1 heterocycles. The normalized spacial score (nSPS) is 16.3. The van der Waals surface area contributed by atoms with E-state index in [1.54, 1.807) is 12.1 Å². The van der Waals surface area contributed by atoms with Gasteiger partial charge in [-0.25, -0.2) is 4.79 Å². The molecule has 0 amide bonds. The average molecular weight is 283 g/mol. The van der Waals surface area contributed by atoms with E-state index in [0.29, 0.717) is 0 Å². The van der Waals surface area contributed by atoms with Crippen molar-refractivity contribution in [3.05, 3.63) is 28.8 Å². The molecule has 0 aromatic heterocycles. The van der Waals surface area contributed by atoms with E-state index in [1.807, 2.05) is 0 Å². The van der Waals surface area contributed by atoms with Crippen LogP contribution in [-0.2, 0) is 0 Å². The van der Waals surface area contributed by atoms with Crippen molar-refractivity contribution in [3.8, 4) is 0 Å². The van der Waals surface area contributed by atoms with Gasteiger partial charge in [-0.15, -0.1) is 0 Å². The largest absolute Gasteiger partial charge is 0.478 e. The molecule has 0 saturated carbocycles. The molecule has 1 aromatic carbocycles. The number of carboxylic acids is 1. The van der Waals surface area contributed by atoms with Gasteiger partial charge in [0, 0.05) is 18.8 Å². The molecule has 5 heteroatoms. The van der Waals surface area contributed by atoms with Crippen LogP contribution in [0.3, 0.4) is 0 Å². The van der Waals surface area contributed by atoms with Crippen LogP contribution < -0.4 is 5.32 Å². The number of likely N-dealkylation sites (tertiary alicyclic amines) is 1. The molecule has 1 aliphatic heterocycles. The van der Waals surface area contributed by atoms with Crippen molar-refractivity contribution in [3.63, 3.8) is 0 Å². The summed E-state index contributed by atoms with van der Waals surface area (Å²) in [6, 6.07) is 4.96. The van der Waals surface area contributed by atoms with Gasteiger partial charge in [0.1, 0.15) is 0 Å². The highest BCUT2D eigenvalue weighted by molar-refractivity contribution is 6.33. The maximum absolute atomic E-state index is 10.8. The number of carboxylic acid groups (broad SMARTS) is 1. The first kappa shape index (κ1) is 14.2. The van der Waals surface area contributed by atoms with Gasteiger partial charge in [-0.05, 0) is 44.1 Å². The monoisotopic (exact) mass is 282 g/mol. The molecular weight excluding hydrogens is 264 g/mol. The van der Waals surface area contributed by atoms with Gasteiger partial charge in [-0.3, -0.25) is 0 Å². The number of aromatic carboxylic acids is 1. The maximum Gasteiger partial charge on any atom is 0.337 e. The Morgan fingerprint density at radius 1 is 1.32 bits per heavy atom. The van der Waals surface area contributed by atoms with E-state index in [-0.39, 0.29) is 10.6 Å². The summed E-state index contributed by atoms with van der Waals surface area (Å²) in [6.07, 6.45) is 3.93. The van der Waals surface area contributed by atoms with Gasteiger partial charge in [0.05, 0.1) is 10.6 Å². The molecule has 0 radical (unpaired) electrons. The second-order valence-electron chi connectivity index (χ2n) is 4.83. The predicted octanol–water partition coefficient (Wildman–Crippen LogP) is 2.94. The summed E-state index contributed by atoms with van der Waals surface area (Å²) in [7, 11) is 0. The first-order valence-electron chi connectivity index (χ1n) is 6.66. The number of anilines is 1. The zero-order valence-electron chi connectivity index (χ0n) is 10.9. The van der Waals surface area contributed by atoms with Gasteiger partial charge >= 0.3 is 5.97 Å². The number of halogens is 1. The highest BCUT2D eigenvalue weighted by Crippen LogP contribution is 2.20. The second kappa shape index (κ2) is 6.78. The van der Waals surface area contributed by atoms with Crippen molar-refractivity contribution in [2.24, 2.45) is 0 Å². The molecule has 1 fully saturated rings. The number of piperidine rings is 1. The Hall–Kier alpha value is -1.26. The molecule has 4 nitrogen and oxygen atoms in total. The van der Waals surface area contributed by atoms with Gasteiger partial charge in [-0.2, -0.15) is 0 Å². The first-order chi connectivity index (χ1) is 9.16. The fraction of sp³-hybridized carbons (Fsp3) is 0.500. The van der Waals surface area contributed by atoms with Crippen LogP contribution in [0, 0.1) is 0 Å². The van der Waals surface area contributed by atoms with Crippen molar-refractivity contribution >= 4 is 23.3 Å². The van der Waals surface area contributed by atoms with Crippen molar-refractivity contribution < 1.29 is 9.90 Å². The minimum Gasteiger partial charge on any atom is -0.478 e. The van der Waals surface area contributed by atoms with Gasteiger partial charge in [0.2, 0.25) is 0 Å². The fourth-order valence-electron chi connectivity index (χ4n) is 2.34. The van der Waals surface area contributed by atoms with Crippen LogP contribution in [0.2, 0.25) is 5.02 Å². The number of hydrogen-bond acceptors (Lipinski definition) is 3. The third-order valence-electron chi connectivity index (χ3n) is 3.41. The van der Waals surface area contributed by atoms with E-state index in [1.165, 1.54) is 38.4 Å². The predicted molar refractivity (Wildman–Crippen MR) is 77.2 cm³/mol. The Morgan fingerprint density at radius 2 is 2.05 bits per heavy atom. The highest BCUT2D eigenvalue weighted by Gasteiger charge is 2.10. The van der Waals surface area contributed by atoms with Gasteiger partial charge < -0.3 is 15.3 Å². The fourth-order valence-corrected chi connectivity index (χ4v) is 2.60. The smallest absolute Gasteiger partial charge is 0.337 e. The number of carbonyl (C=O) groups is 1. The molecule has 0 bridgehead atoms. The summed E-state index contributed by atoms with van der Waals surface area (Å²) in [5, 5.41) is 12.4. The van der Waals surface area contributed by atoms with Crippen LogP contribution >= 0.6 is 11.6 Å². The molecule has 1 aromatic rings. The molecule has 104 valence electrons. The lowest BCUT2D eigenvalue weighted by Gasteiger charge is -2.26. The van der Waals surface area contributed by atoms with E-state index >= 15 is 0 Å². The molecular formula is C14H19ClN2O2. The topological polar surface area (TPSA) is 52.6 Å². The van der Waals surface area contributed by atoms with Crippen LogP contribution in [-0.4, -0.2) is 42.2 Å². The van der Waals surface area contributed by atoms with E-state index in [2.05, 4.69) is 10.2 Å². The number of benzene rings is 1. The molecule has 0 spiro atoms. The molecule has 0 atom stereocenters. The lowest BCUT2D eigenvalue weighted by atomic mass is 10.1. The summed E-state index contributed by atoms with van der Waals surface area (Å²) in [5.41, 5.74) is 1.01. The summed E-state index contributed by atoms with van der Waals surface area (Å²) in [4.78, 5) is 13.3. The number of nitrogens with one attached hydrogen (secondary N) is 1. The van der Waals surface area contributed by atoms with Gasteiger partial charge in [-0.1, -0.05) is 18.0 Å². The SMILES string of the molecule is O=C(O)c1ccc(NCCN2CCCCC2)cc1Cl. The highest BCUT2D eigenvalue weighted by atomic mass is 35.5. The van der Waals surface area contributed by atoms with Gasteiger partial charge in [0.25, 0.3) is 0 Å². The Bertz CT molecular complexity index is 445. The second-order valence-corrected chi connectivity index (χ2v) is 5.24. The van der Waals surface area contributed by atoms with Crippen molar-refractivity contribution in [1.82, 2.24) is 4.90 Å². The zero-order valence-corrected chi connectivity index (χ0v) is 11.6. The Labute approximate surface area is 118 Å². The molecule has 1 saturated heterocycles. The molecule has 2 rings (SSSR count). The lowest BCUT2D eigenvalue weighted by Crippen LogP contribution is -2.33. The molecule has 19 heavy (non-hydrogen) atoms. The van der Waals surface area contributed by atoms with Crippen molar-refractivity contribution in [1.29, 1.82) is 0 Å². The molecule has 1 aliphatic rings. The zero-order chi connectivity index (χ0) is 13.7. The van der Waals surface area contributed by atoms with Crippen LogP contribution in [0.25, 0.3) is 0 Å². The van der Waals surface area contributed by atoms with E-state index in [0.717, 1.165) is 18.8 Å². The number of rotatable bonds is 5. The maximum atomic E-state index is 10.8. The summed E-state index contributed by atoms with van der Waals surface area (Å²) in [6.45, 7) is 4.22. The molecule has 0 aliphatic carbocycles. The summed E-state index contributed by atoms with van der Waals surface area (Å²) < 4.78 is 0. The lowest BCUT2D eigenvalue weighted by molar-refractivity contribution is 0.0697. The first-order valence-corrected chi connectivity index (χ1v) is 7.03. The third kappa shape index (κ3) is 4.11. The Morgan fingerprint density at radius 3 is 2.68 bits per heavy atom. The quantitative estimate of drug-likeness (QED) is 0.872. The van der Waals surface area contributed by atoms with E-state index < -0.39 is 5.97 Å². The Kier molecular flexibility index (Phi) is 5.05. The molecule has 2 N–H and O–H groups in total. The van der Waals surface area contributed by atoms with Crippen LogP contribution in [0.5, 0.6) is 0 Å². The summed E-state index contributed by atoms with van der Waals surface area (Å²) in [5.74, 6) is -0.995. The minimum atomic E-state index is -0.995.